The minimum Gasteiger partial charge on any atom is -0.360 e. The second-order valence-corrected chi connectivity index (χ2v) is 7.66. The maximum Gasteiger partial charge on any atom is 0.173 e. The van der Waals surface area contributed by atoms with Gasteiger partial charge < -0.3 is 20.2 Å². The third kappa shape index (κ3) is 3.61. The van der Waals surface area contributed by atoms with Crippen molar-refractivity contribution >= 4 is 34.1 Å². The van der Waals surface area contributed by atoms with E-state index in [-0.39, 0.29) is 0 Å². The van der Waals surface area contributed by atoms with E-state index in [1.165, 1.54) is 19.3 Å². The molecule has 0 saturated carbocycles. The van der Waals surface area contributed by atoms with E-state index in [0.717, 1.165) is 57.7 Å². The van der Waals surface area contributed by atoms with Crippen LogP contribution in [0.2, 0.25) is 0 Å². The zero-order valence-electron chi connectivity index (χ0n) is 16.0. The second kappa shape index (κ2) is 7.67. The van der Waals surface area contributed by atoms with Crippen LogP contribution in [0.5, 0.6) is 0 Å². The maximum absolute atomic E-state index is 5.61. The van der Waals surface area contributed by atoms with Crippen LogP contribution in [0, 0.1) is 0 Å². The molecule has 3 N–H and O–H groups in total. The van der Waals surface area contributed by atoms with Gasteiger partial charge in [-0.15, -0.1) is 0 Å². The highest BCUT2D eigenvalue weighted by molar-refractivity contribution is 7.80. The minimum absolute atomic E-state index is 0.782. The molecule has 5 rings (SSSR count). The van der Waals surface area contributed by atoms with Gasteiger partial charge in [-0.2, -0.15) is 0 Å². The summed E-state index contributed by atoms with van der Waals surface area (Å²) in [4.78, 5) is 18.6. The van der Waals surface area contributed by atoms with Crippen LogP contribution in [0.4, 0.5) is 5.69 Å². The monoisotopic (exact) mass is 402 g/mol. The van der Waals surface area contributed by atoms with Gasteiger partial charge in [-0.05, 0) is 73.9 Å². The lowest BCUT2D eigenvalue weighted by molar-refractivity contribution is 0.346. The van der Waals surface area contributed by atoms with E-state index in [9.17, 15) is 0 Å². The number of nitrogens with zero attached hydrogens (tertiary/aromatic N) is 3. The minimum atomic E-state index is 0.782. The van der Waals surface area contributed by atoms with Gasteiger partial charge in [0.05, 0.1) is 22.4 Å². The molecule has 1 saturated heterocycles. The Morgan fingerprint density at radius 2 is 1.52 bits per heavy atom. The Morgan fingerprint density at radius 1 is 0.862 bits per heavy atom. The summed E-state index contributed by atoms with van der Waals surface area (Å²) in [6.45, 7) is 2.05. The highest BCUT2D eigenvalue weighted by atomic mass is 32.1. The molecular weight excluding hydrogens is 380 g/mol. The zero-order chi connectivity index (χ0) is 19.6. The molecule has 0 bridgehead atoms. The SMILES string of the molecule is S=C(Nc1ccc2nc(-c3ccc[nH]3)c(-c3ccc[nH]3)nc2c1)N1CCCCC1. The molecular formula is C22H22N6S. The van der Waals surface area contributed by atoms with E-state index in [0.29, 0.717) is 0 Å². The number of benzene rings is 1. The molecule has 4 aromatic rings. The van der Waals surface area contributed by atoms with Crippen molar-refractivity contribution in [2.45, 2.75) is 19.3 Å². The lowest BCUT2D eigenvalue weighted by atomic mass is 10.1. The molecule has 1 fully saturated rings. The number of thiocarbonyl (C=S) groups is 1. The molecule has 0 atom stereocenters. The van der Waals surface area contributed by atoms with E-state index >= 15 is 0 Å². The molecule has 0 aliphatic carbocycles. The standard InChI is InChI=1S/C22H22N6S/c29-22(28-12-2-1-3-13-28)25-15-8-9-16-19(14-15)27-21(18-7-5-11-24-18)20(26-16)17-6-4-10-23-17/h4-11,14,23-24H,1-3,12-13H2,(H,25,29). The molecule has 0 unspecified atom stereocenters. The third-order valence-corrected chi connectivity index (χ3v) is 5.63. The van der Waals surface area contributed by atoms with E-state index in [1.807, 2.05) is 54.9 Å². The summed E-state index contributed by atoms with van der Waals surface area (Å²) in [5.74, 6) is 0. The Balaban J connectivity index is 1.52. The summed E-state index contributed by atoms with van der Waals surface area (Å²) in [6.07, 6.45) is 7.48. The van der Waals surface area contributed by atoms with E-state index in [2.05, 4.69) is 20.2 Å². The largest absolute Gasteiger partial charge is 0.360 e. The summed E-state index contributed by atoms with van der Waals surface area (Å²) in [6, 6.07) is 14.0. The first-order valence-electron chi connectivity index (χ1n) is 9.93. The van der Waals surface area contributed by atoms with Crippen LogP contribution in [0.25, 0.3) is 33.8 Å². The molecule has 0 radical (unpaired) electrons. The van der Waals surface area contributed by atoms with Crippen molar-refractivity contribution in [3.05, 3.63) is 54.9 Å². The van der Waals surface area contributed by atoms with Crippen molar-refractivity contribution in [3.8, 4) is 22.8 Å². The lowest BCUT2D eigenvalue weighted by Gasteiger charge is -2.29. The average molecular weight is 403 g/mol. The number of aromatic nitrogens is 4. The van der Waals surface area contributed by atoms with Crippen LogP contribution in [0.1, 0.15) is 19.3 Å². The van der Waals surface area contributed by atoms with Crippen molar-refractivity contribution in [1.29, 1.82) is 0 Å². The number of H-pyrrole nitrogens is 2. The summed E-state index contributed by atoms with van der Waals surface area (Å²) in [5.41, 5.74) is 6.14. The van der Waals surface area contributed by atoms with Gasteiger partial charge in [-0.1, -0.05) is 0 Å². The van der Waals surface area contributed by atoms with Gasteiger partial charge in [0.15, 0.2) is 5.11 Å². The van der Waals surface area contributed by atoms with Crippen molar-refractivity contribution in [2.75, 3.05) is 18.4 Å². The quantitative estimate of drug-likeness (QED) is 0.429. The molecule has 1 aliphatic rings. The summed E-state index contributed by atoms with van der Waals surface area (Å²) >= 11 is 5.61. The fraction of sp³-hybridized carbons (Fsp3) is 0.227. The van der Waals surface area contributed by atoms with Gasteiger partial charge >= 0.3 is 0 Å². The van der Waals surface area contributed by atoms with Crippen LogP contribution >= 0.6 is 12.2 Å². The Bertz CT molecular complexity index is 1130. The van der Waals surface area contributed by atoms with Gasteiger partial charge in [-0.3, -0.25) is 0 Å². The number of fused-ring (bicyclic) bond motifs is 1. The normalized spacial score (nSPS) is 14.3. The van der Waals surface area contributed by atoms with Crippen LogP contribution in [0.3, 0.4) is 0 Å². The van der Waals surface area contributed by atoms with Crippen LogP contribution in [0.15, 0.2) is 54.9 Å². The van der Waals surface area contributed by atoms with Crippen LogP contribution in [-0.4, -0.2) is 43.0 Å². The van der Waals surface area contributed by atoms with Gasteiger partial charge in [0, 0.05) is 31.2 Å². The van der Waals surface area contributed by atoms with Gasteiger partial charge in [0.2, 0.25) is 0 Å². The molecule has 6 nitrogen and oxygen atoms in total. The first kappa shape index (κ1) is 17.9. The van der Waals surface area contributed by atoms with Crippen LogP contribution in [-0.2, 0) is 0 Å². The van der Waals surface area contributed by atoms with E-state index < -0.39 is 0 Å². The molecule has 146 valence electrons. The molecule has 7 heteroatoms. The topological polar surface area (TPSA) is 72.6 Å². The Morgan fingerprint density at radius 3 is 2.14 bits per heavy atom. The number of hydrogen-bond acceptors (Lipinski definition) is 3. The molecule has 4 heterocycles. The van der Waals surface area contributed by atoms with Gasteiger partial charge in [-0.25, -0.2) is 9.97 Å². The molecule has 3 aromatic heterocycles. The highest BCUT2D eigenvalue weighted by Gasteiger charge is 2.16. The van der Waals surface area contributed by atoms with Crippen molar-refractivity contribution in [3.63, 3.8) is 0 Å². The van der Waals surface area contributed by atoms with Gasteiger partial charge in [0.1, 0.15) is 11.4 Å². The van der Waals surface area contributed by atoms with Crippen molar-refractivity contribution in [2.24, 2.45) is 0 Å². The number of anilines is 1. The molecule has 29 heavy (non-hydrogen) atoms. The summed E-state index contributed by atoms with van der Waals surface area (Å²) < 4.78 is 0. The maximum atomic E-state index is 5.61. The average Bonchev–Trinajstić information content (AvgIpc) is 3.47. The fourth-order valence-corrected chi connectivity index (χ4v) is 4.06. The lowest BCUT2D eigenvalue weighted by Crippen LogP contribution is -2.38. The third-order valence-electron chi connectivity index (χ3n) is 5.26. The molecule has 1 aromatic carbocycles. The zero-order valence-corrected chi connectivity index (χ0v) is 16.8. The summed E-state index contributed by atoms with van der Waals surface area (Å²) in [7, 11) is 0. The number of nitrogens with one attached hydrogen (secondary N) is 3. The molecule has 1 aliphatic heterocycles. The molecule has 0 amide bonds. The smallest absolute Gasteiger partial charge is 0.173 e. The highest BCUT2D eigenvalue weighted by Crippen LogP contribution is 2.30. The second-order valence-electron chi connectivity index (χ2n) is 7.27. The number of likely N-dealkylation sites (tertiary alicyclic amines) is 1. The molecule has 0 spiro atoms. The summed E-state index contributed by atoms with van der Waals surface area (Å²) in [5, 5.41) is 4.16. The number of hydrogen-bond donors (Lipinski definition) is 3. The Kier molecular flexibility index (Phi) is 4.73. The number of aromatic amines is 2. The van der Waals surface area contributed by atoms with E-state index in [4.69, 9.17) is 22.2 Å². The predicted molar refractivity (Wildman–Crippen MR) is 121 cm³/mol. The Hall–Kier alpha value is -3.19. The first-order chi connectivity index (χ1) is 14.3. The predicted octanol–water partition coefficient (Wildman–Crippen LogP) is 4.80. The van der Waals surface area contributed by atoms with E-state index in [1.54, 1.807) is 0 Å². The fourth-order valence-electron chi connectivity index (χ4n) is 3.76. The van der Waals surface area contributed by atoms with Crippen molar-refractivity contribution in [1.82, 2.24) is 24.8 Å². The first-order valence-corrected chi connectivity index (χ1v) is 10.3. The van der Waals surface area contributed by atoms with Gasteiger partial charge in [0.25, 0.3) is 0 Å². The number of rotatable bonds is 3. The van der Waals surface area contributed by atoms with Crippen LogP contribution < -0.4 is 5.32 Å². The van der Waals surface area contributed by atoms with Crippen molar-refractivity contribution < 1.29 is 0 Å². The Labute approximate surface area is 174 Å². The number of piperidine rings is 1.